The largest absolute Gasteiger partial charge is 0.281 e. The summed E-state index contributed by atoms with van der Waals surface area (Å²) < 4.78 is 0. The lowest BCUT2D eigenvalue weighted by Gasteiger charge is -2.06. The quantitative estimate of drug-likeness (QED) is 0.283. The zero-order valence-corrected chi connectivity index (χ0v) is 16.9. The summed E-state index contributed by atoms with van der Waals surface area (Å²) in [5.41, 5.74) is 4.05. The van der Waals surface area contributed by atoms with Crippen LogP contribution in [0.1, 0.15) is 21.5 Å². The van der Waals surface area contributed by atoms with Gasteiger partial charge in [0.1, 0.15) is 0 Å². The van der Waals surface area contributed by atoms with Crippen molar-refractivity contribution in [2.24, 2.45) is 4.99 Å². The number of carbonyl (C=O) groups excluding carboxylic acids is 1. The van der Waals surface area contributed by atoms with Crippen LogP contribution in [0.4, 0.5) is 5.69 Å². The van der Waals surface area contributed by atoms with E-state index in [1.165, 1.54) is 0 Å². The Morgan fingerprint density at radius 3 is 1.93 bits per heavy atom. The molecule has 1 aromatic heterocycles. The summed E-state index contributed by atoms with van der Waals surface area (Å²) in [5.74, 6) is 3.20. The van der Waals surface area contributed by atoms with Gasteiger partial charge in [-0.1, -0.05) is 72.8 Å². The van der Waals surface area contributed by atoms with Crippen molar-refractivity contribution in [3.63, 3.8) is 0 Å². The van der Waals surface area contributed by atoms with E-state index in [-0.39, 0.29) is 5.12 Å². The van der Waals surface area contributed by atoms with Gasteiger partial charge >= 0.3 is 0 Å². The average Bonchev–Trinajstić information content (AvgIpc) is 2.81. The van der Waals surface area contributed by atoms with E-state index in [1.807, 2.05) is 91.0 Å². The van der Waals surface area contributed by atoms with Crippen molar-refractivity contribution in [3.05, 3.63) is 126 Å². The second kappa shape index (κ2) is 9.66. The van der Waals surface area contributed by atoms with Gasteiger partial charge in [-0.25, -0.2) is 4.99 Å². The first-order valence-corrected chi connectivity index (χ1v) is 10.3. The van der Waals surface area contributed by atoms with E-state index in [0.717, 1.165) is 33.4 Å². The van der Waals surface area contributed by atoms with Gasteiger partial charge in [0.25, 0.3) is 0 Å². The second-order valence-electron chi connectivity index (χ2n) is 6.42. The highest BCUT2D eigenvalue weighted by Gasteiger charge is 2.12. The number of carbonyl (C=O) groups is 1. The molecule has 0 atom stereocenters. The molecule has 0 amide bonds. The van der Waals surface area contributed by atoms with Crippen LogP contribution in [0.2, 0.25) is 0 Å². The van der Waals surface area contributed by atoms with E-state index in [1.54, 1.807) is 18.5 Å². The molecule has 4 rings (SSSR count). The van der Waals surface area contributed by atoms with Gasteiger partial charge in [0, 0.05) is 17.3 Å². The van der Waals surface area contributed by atoms with Gasteiger partial charge < -0.3 is 0 Å². The number of benzene rings is 3. The lowest BCUT2D eigenvalue weighted by atomic mass is 9.99. The molecule has 0 aliphatic rings. The van der Waals surface area contributed by atoms with E-state index < -0.39 is 0 Å². The maximum absolute atomic E-state index is 12.9. The molecular formula is C26H18N2OS. The van der Waals surface area contributed by atoms with Crippen molar-refractivity contribution in [1.82, 2.24) is 4.98 Å². The van der Waals surface area contributed by atoms with Crippen LogP contribution in [0.15, 0.2) is 119 Å². The fourth-order valence-corrected chi connectivity index (χ4v) is 3.69. The van der Waals surface area contributed by atoms with Gasteiger partial charge in [-0.3, -0.25) is 9.78 Å². The Bertz CT molecular complexity index is 1160. The Hall–Kier alpha value is -3.72. The molecule has 4 heteroatoms. The first kappa shape index (κ1) is 19.6. The van der Waals surface area contributed by atoms with Crippen molar-refractivity contribution in [2.75, 3.05) is 0 Å². The van der Waals surface area contributed by atoms with Crippen LogP contribution in [0.25, 0.3) is 5.57 Å². The third-order valence-corrected chi connectivity index (χ3v) is 5.31. The second-order valence-corrected chi connectivity index (χ2v) is 7.47. The summed E-state index contributed by atoms with van der Waals surface area (Å²) in [7, 11) is 0. The van der Waals surface area contributed by atoms with Crippen LogP contribution in [-0.2, 0) is 0 Å². The molecule has 144 valence electrons. The molecular weight excluding hydrogens is 388 g/mol. The van der Waals surface area contributed by atoms with Gasteiger partial charge in [-0.15, -0.1) is 0 Å². The molecule has 3 aromatic carbocycles. The standard InChI is InChI=1S/C26H18N2OS/c29-26(30-22-15-17-27-18-16-22)23-13-7-8-14-25(23)28-19-24(20-9-3-1-4-10-20)21-11-5-2-6-12-21/h1-18H. The van der Waals surface area contributed by atoms with E-state index in [9.17, 15) is 4.79 Å². The molecule has 3 nitrogen and oxygen atoms in total. The van der Waals surface area contributed by atoms with Gasteiger partial charge in [0.15, 0.2) is 0 Å². The highest BCUT2D eigenvalue weighted by Crippen LogP contribution is 2.28. The maximum atomic E-state index is 12.9. The summed E-state index contributed by atoms with van der Waals surface area (Å²) in [4.78, 5) is 22.3. The molecule has 0 aliphatic heterocycles. The number of hydrogen-bond acceptors (Lipinski definition) is 4. The van der Waals surface area contributed by atoms with Crippen molar-refractivity contribution in [2.45, 2.75) is 4.90 Å². The van der Waals surface area contributed by atoms with Crippen LogP contribution >= 0.6 is 11.8 Å². The van der Waals surface area contributed by atoms with Crippen LogP contribution in [-0.4, -0.2) is 16.0 Å². The molecule has 0 spiro atoms. The lowest BCUT2D eigenvalue weighted by molar-refractivity contribution is 0.108. The minimum absolute atomic E-state index is 0.0664. The predicted molar refractivity (Wildman–Crippen MR) is 123 cm³/mol. The maximum Gasteiger partial charge on any atom is 0.226 e. The van der Waals surface area contributed by atoms with Crippen molar-refractivity contribution >= 4 is 34.0 Å². The van der Waals surface area contributed by atoms with Crippen LogP contribution in [0.3, 0.4) is 0 Å². The number of hydrogen-bond donors (Lipinski definition) is 0. The first-order valence-electron chi connectivity index (χ1n) is 9.47. The Balaban J connectivity index is 1.74. The Morgan fingerprint density at radius 1 is 0.733 bits per heavy atom. The zero-order valence-electron chi connectivity index (χ0n) is 16.1. The predicted octanol–water partition coefficient (Wildman–Crippen LogP) is 6.45. The third-order valence-electron chi connectivity index (χ3n) is 4.40. The van der Waals surface area contributed by atoms with Gasteiger partial charge in [0.2, 0.25) is 5.12 Å². The molecule has 0 unspecified atom stereocenters. The number of nitrogens with zero attached hydrogens (tertiary/aromatic N) is 2. The Kier molecular flexibility index (Phi) is 6.31. The first-order chi connectivity index (χ1) is 14.8. The normalized spacial score (nSPS) is 10.1. The summed E-state index contributed by atoms with van der Waals surface area (Å²) >= 11 is 1.16. The number of pyridine rings is 1. The molecule has 0 saturated carbocycles. The average molecular weight is 407 g/mol. The SMILES string of the molecule is O=C(Sc1ccncc1)c1ccccc1N=C=C(c1ccccc1)c1ccccc1. The summed E-state index contributed by atoms with van der Waals surface area (Å²) in [6.45, 7) is 0. The summed E-state index contributed by atoms with van der Waals surface area (Å²) in [6, 6.07) is 31.0. The van der Waals surface area contributed by atoms with Crippen molar-refractivity contribution in [1.29, 1.82) is 0 Å². The molecule has 0 radical (unpaired) electrons. The molecule has 0 fully saturated rings. The minimum Gasteiger partial charge on any atom is -0.281 e. The van der Waals surface area contributed by atoms with Gasteiger partial charge in [0.05, 0.1) is 16.8 Å². The highest BCUT2D eigenvalue weighted by molar-refractivity contribution is 8.14. The smallest absolute Gasteiger partial charge is 0.226 e. The lowest BCUT2D eigenvalue weighted by Crippen LogP contribution is -1.94. The van der Waals surface area contributed by atoms with Crippen LogP contribution in [0.5, 0.6) is 0 Å². The number of aliphatic imine (C=N–C) groups is 1. The molecule has 0 bridgehead atoms. The van der Waals surface area contributed by atoms with Crippen LogP contribution in [0, 0.1) is 0 Å². The number of para-hydroxylation sites is 1. The number of aromatic nitrogens is 1. The topological polar surface area (TPSA) is 42.3 Å². The van der Waals surface area contributed by atoms with E-state index in [0.29, 0.717) is 11.3 Å². The fraction of sp³-hybridized carbons (Fsp3) is 0. The van der Waals surface area contributed by atoms with E-state index in [2.05, 4.69) is 15.8 Å². The van der Waals surface area contributed by atoms with Crippen LogP contribution < -0.4 is 0 Å². The molecule has 4 aromatic rings. The summed E-state index contributed by atoms with van der Waals surface area (Å²) in [6.07, 6.45) is 3.35. The number of thioether (sulfide) groups is 1. The van der Waals surface area contributed by atoms with Gasteiger partial charge in [-0.2, -0.15) is 0 Å². The van der Waals surface area contributed by atoms with Gasteiger partial charge in [-0.05, 0) is 53.0 Å². The minimum atomic E-state index is -0.0664. The molecule has 0 N–H and O–H groups in total. The van der Waals surface area contributed by atoms with Crippen molar-refractivity contribution in [3.8, 4) is 0 Å². The third kappa shape index (κ3) is 4.81. The molecule has 0 saturated heterocycles. The molecule has 0 aliphatic carbocycles. The number of rotatable bonds is 5. The molecule has 30 heavy (non-hydrogen) atoms. The van der Waals surface area contributed by atoms with Crippen molar-refractivity contribution < 1.29 is 4.79 Å². The van der Waals surface area contributed by atoms with E-state index >= 15 is 0 Å². The molecule has 1 heterocycles. The zero-order chi connectivity index (χ0) is 20.6. The monoisotopic (exact) mass is 406 g/mol. The van der Waals surface area contributed by atoms with E-state index in [4.69, 9.17) is 0 Å². The Morgan fingerprint density at radius 2 is 1.30 bits per heavy atom. The Labute approximate surface area is 179 Å². The fourth-order valence-electron chi connectivity index (χ4n) is 2.93. The summed E-state index contributed by atoms with van der Waals surface area (Å²) in [5, 5.41) is -0.0664. The highest BCUT2D eigenvalue weighted by atomic mass is 32.2.